The van der Waals surface area contributed by atoms with Gasteiger partial charge in [-0.05, 0) is 11.8 Å². The Morgan fingerprint density at radius 3 is 2.56 bits per heavy atom. The molecule has 18 heavy (non-hydrogen) atoms. The standard InChI is InChI=1S/C12H25N3OS.HI/c1-12(2,4-7-16-3)10-14-11(13)15-5-8-17-9-6-15;/h4-10H2,1-3H3,(H2,13,14);1H. The monoisotopic (exact) mass is 387 g/mol. The predicted molar refractivity (Wildman–Crippen MR) is 91.1 cm³/mol. The van der Waals surface area contributed by atoms with Crippen LogP contribution in [0.4, 0.5) is 0 Å². The molecule has 0 aromatic rings. The summed E-state index contributed by atoms with van der Waals surface area (Å²) < 4.78 is 5.11. The number of rotatable bonds is 5. The number of nitrogens with zero attached hydrogens (tertiary/aromatic N) is 2. The third-order valence-corrected chi connectivity index (χ3v) is 3.93. The zero-order valence-electron chi connectivity index (χ0n) is 11.6. The molecule has 0 radical (unpaired) electrons. The molecule has 108 valence electrons. The van der Waals surface area contributed by atoms with Gasteiger partial charge in [-0.1, -0.05) is 13.8 Å². The number of methoxy groups -OCH3 is 1. The van der Waals surface area contributed by atoms with Crippen LogP contribution in [0.15, 0.2) is 4.99 Å². The summed E-state index contributed by atoms with van der Waals surface area (Å²) in [6, 6.07) is 0. The Bertz CT molecular complexity index is 256. The fourth-order valence-corrected chi connectivity index (χ4v) is 2.55. The summed E-state index contributed by atoms with van der Waals surface area (Å²) in [5.74, 6) is 3.02. The molecular weight excluding hydrogens is 361 g/mol. The van der Waals surface area contributed by atoms with Crippen molar-refractivity contribution >= 4 is 41.7 Å². The van der Waals surface area contributed by atoms with Crippen LogP contribution in [0.5, 0.6) is 0 Å². The highest BCUT2D eigenvalue weighted by Gasteiger charge is 2.18. The Balaban J connectivity index is 0.00000289. The van der Waals surface area contributed by atoms with Crippen molar-refractivity contribution < 1.29 is 4.74 Å². The van der Waals surface area contributed by atoms with Crippen molar-refractivity contribution in [2.75, 3.05) is 44.9 Å². The van der Waals surface area contributed by atoms with E-state index < -0.39 is 0 Å². The summed E-state index contributed by atoms with van der Waals surface area (Å²) in [7, 11) is 1.74. The van der Waals surface area contributed by atoms with Crippen molar-refractivity contribution in [2.45, 2.75) is 20.3 Å². The van der Waals surface area contributed by atoms with E-state index in [9.17, 15) is 0 Å². The first kappa shape index (κ1) is 18.3. The normalized spacial score (nSPS) is 17.5. The number of guanidine groups is 1. The number of hydrogen-bond donors (Lipinski definition) is 1. The second-order valence-corrected chi connectivity index (χ2v) is 6.41. The molecular formula is C12H26IN3OS. The molecule has 0 unspecified atom stereocenters. The van der Waals surface area contributed by atoms with Gasteiger partial charge in [0.05, 0.1) is 0 Å². The lowest BCUT2D eigenvalue weighted by atomic mass is 9.90. The summed E-state index contributed by atoms with van der Waals surface area (Å²) in [4.78, 5) is 6.71. The van der Waals surface area contributed by atoms with E-state index in [1.54, 1.807) is 7.11 Å². The molecule has 0 aromatic carbocycles. The van der Waals surface area contributed by atoms with Crippen molar-refractivity contribution in [2.24, 2.45) is 16.1 Å². The Kier molecular flexibility index (Phi) is 9.41. The Morgan fingerprint density at radius 1 is 1.39 bits per heavy atom. The van der Waals surface area contributed by atoms with E-state index in [-0.39, 0.29) is 29.4 Å². The Labute approximate surface area is 132 Å². The van der Waals surface area contributed by atoms with Crippen LogP contribution in [-0.4, -0.2) is 55.7 Å². The molecule has 1 fully saturated rings. The molecule has 6 heteroatoms. The van der Waals surface area contributed by atoms with Crippen molar-refractivity contribution in [3.05, 3.63) is 0 Å². The molecule has 0 atom stereocenters. The van der Waals surface area contributed by atoms with E-state index in [0.717, 1.165) is 44.2 Å². The highest BCUT2D eigenvalue weighted by atomic mass is 127. The maximum atomic E-state index is 6.02. The number of hydrogen-bond acceptors (Lipinski definition) is 3. The van der Waals surface area contributed by atoms with Crippen LogP contribution in [0.1, 0.15) is 20.3 Å². The first-order valence-corrected chi connectivity index (χ1v) is 7.32. The number of thioether (sulfide) groups is 1. The SMILES string of the molecule is COCCC(C)(C)CN=C(N)N1CCSCC1.I. The molecule has 1 rings (SSSR count). The van der Waals surface area contributed by atoms with Crippen LogP contribution >= 0.6 is 35.7 Å². The van der Waals surface area contributed by atoms with E-state index in [4.69, 9.17) is 10.5 Å². The van der Waals surface area contributed by atoms with Gasteiger partial charge in [0.1, 0.15) is 0 Å². The van der Waals surface area contributed by atoms with Crippen molar-refractivity contribution in [1.82, 2.24) is 4.90 Å². The average molecular weight is 387 g/mol. The molecule has 0 aromatic heterocycles. The predicted octanol–water partition coefficient (Wildman–Crippen LogP) is 2.03. The van der Waals surface area contributed by atoms with Crippen LogP contribution < -0.4 is 5.73 Å². The summed E-state index contributed by atoms with van der Waals surface area (Å²) in [6.45, 7) is 8.01. The van der Waals surface area contributed by atoms with E-state index in [0.29, 0.717) is 5.96 Å². The van der Waals surface area contributed by atoms with Gasteiger partial charge in [-0.3, -0.25) is 4.99 Å². The lowest BCUT2D eigenvalue weighted by Gasteiger charge is -2.28. The minimum absolute atomic E-state index is 0. The third kappa shape index (κ3) is 7.04. The zero-order valence-corrected chi connectivity index (χ0v) is 14.8. The van der Waals surface area contributed by atoms with Gasteiger partial charge in [0.25, 0.3) is 0 Å². The molecule has 1 aliphatic heterocycles. The van der Waals surface area contributed by atoms with Crippen molar-refractivity contribution in [1.29, 1.82) is 0 Å². The van der Waals surface area contributed by atoms with Crippen LogP contribution in [0.2, 0.25) is 0 Å². The Hall–Kier alpha value is 0.310. The van der Waals surface area contributed by atoms with E-state index >= 15 is 0 Å². The minimum Gasteiger partial charge on any atom is -0.385 e. The maximum Gasteiger partial charge on any atom is 0.191 e. The molecule has 2 N–H and O–H groups in total. The molecule has 0 saturated carbocycles. The number of nitrogens with two attached hydrogens (primary N) is 1. The fraction of sp³-hybridized carbons (Fsp3) is 0.917. The summed E-state index contributed by atoms with van der Waals surface area (Å²) in [5, 5.41) is 0. The van der Waals surface area contributed by atoms with Gasteiger partial charge in [-0.2, -0.15) is 11.8 Å². The third-order valence-electron chi connectivity index (χ3n) is 2.99. The van der Waals surface area contributed by atoms with Gasteiger partial charge in [0.2, 0.25) is 0 Å². The highest BCUT2D eigenvalue weighted by Crippen LogP contribution is 2.20. The summed E-state index contributed by atoms with van der Waals surface area (Å²) in [6.07, 6.45) is 1.01. The fourth-order valence-electron chi connectivity index (χ4n) is 1.64. The van der Waals surface area contributed by atoms with Crippen LogP contribution in [0.3, 0.4) is 0 Å². The zero-order chi connectivity index (χ0) is 12.7. The van der Waals surface area contributed by atoms with Gasteiger partial charge in [0.15, 0.2) is 5.96 Å². The number of halogens is 1. The Morgan fingerprint density at radius 2 is 2.00 bits per heavy atom. The first-order chi connectivity index (χ1) is 8.05. The largest absolute Gasteiger partial charge is 0.385 e. The molecule has 4 nitrogen and oxygen atoms in total. The lowest BCUT2D eigenvalue weighted by molar-refractivity contribution is 0.155. The lowest BCUT2D eigenvalue weighted by Crippen LogP contribution is -2.43. The first-order valence-electron chi connectivity index (χ1n) is 6.17. The van der Waals surface area contributed by atoms with Gasteiger partial charge < -0.3 is 15.4 Å². The van der Waals surface area contributed by atoms with Crippen molar-refractivity contribution in [3.63, 3.8) is 0 Å². The van der Waals surface area contributed by atoms with Crippen LogP contribution in [0.25, 0.3) is 0 Å². The van der Waals surface area contributed by atoms with Gasteiger partial charge >= 0.3 is 0 Å². The quantitative estimate of drug-likeness (QED) is 0.446. The van der Waals surface area contributed by atoms with E-state index in [2.05, 4.69) is 23.7 Å². The van der Waals surface area contributed by atoms with Gasteiger partial charge in [-0.25, -0.2) is 0 Å². The second-order valence-electron chi connectivity index (χ2n) is 5.18. The topological polar surface area (TPSA) is 50.9 Å². The average Bonchev–Trinajstić information content (AvgIpc) is 2.35. The van der Waals surface area contributed by atoms with Gasteiger partial charge in [0, 0.05) is 44.9 Å². The molecule has 1 saturated heterocycles. The highest BCUT2D eigenvalue weighted by molar-refractivity contribution is 14.0. The van der Waals surface area contributed by atoms with E-state index in [1.165, 1.54) is 0 Å². The number of ether oxygens (including phenoxy) is 1. The molecule has 0 spiro atoms. The molecule has 0 aliphatic carbocycles. The second kappa shape index (κ2) is 9.25. The van der Waals surface area contributed by atoms with E-state index in [1.807, 2.05) is 11.8 Å². The molecule has 1 aliphatic rings. The minimum atomic E-state index is 0. The van der Waals surface area contributed by atoms with Crippen molar-refractivity contribution in [3.8, 4) is 0 Å². The van der Waals surface area contributed by atoms with Gasteiger partial charge in [-0.15, -0.1) is 24.0 Å². The smallest absolute Gasteiger partial charge is 0.191 e. The number of aliphatic imine (C=N–C) groups is 1. The summed E-state index contributed by atoms with van der Waals surface area (Å²) >= 11 is 1.98. The van der Waals surface area contributed by atoms with Crippen LogP contribution in [-0.2, 0) is 4.74 Å². The van der Waals surface area contributed by atoms with Crippen LogP contribution in [0, 0.1) is 5.41 Å². The maximum absolute atomic E-state index is 6.02. The molecule has 0 amide bonds. The molecule has 0 bridgehead atoms. The molecule has 1 heterocycles. The summed E-state index contributed by atoms with van der Waals surface area (Å²) in [5.41, 5.74) is 6.18.